The summed E-state index contributed by atoms with van der Waals surface area (Å²) in [7, 11) is -1.26. The zero-order chi connectivity index (χ0) is 17.6. The fourth-order valence-corrected chi connectivity index (χ4v) is 2.96. The third-order valence-corrected chi connectivity index (χ3v) is 4.12. The Balaban J connectivity index is 1.99. The van der Waals surface area contributed by atoms with Crippen molar-refractivity contribution in [2.75, 3.05) is 12.3 Å². The molecule has 0 aliphatic carbocycles. The van der Waals surface area contributed by atoms with Gasteiger partial charge in [0.05, 0.1) is 7.05 Å². The Kier molecular flexibility index (Phi) is 4.34. The molecule has 0 aromatic carbocycles. The Bertz CT molecular complexity index is 851. The third kappa shape index (κ3) is 2.79. The lowest BCUT2D eigenvalue weighted by molar-refractivity contribution is -0.745. The Labute approximate surface area is 135 Å². The molecule has 1 aliphatic heterocycles. The number of aromatic amines is 1. The van der Waals surface area contributed by atoms with Gasteiger partial charge in [0.2, 0.25) is 11.7 Å². The molecule has 24 heavy (non-hydrogen) atoms. The number of aliphatic hydroxyl groups excluding tert-OH is 2. The molecule has 0 spiro atoms. The number of nitrogen functional groups attached to an aromatic ring is 1. The summed E-state index contributed by atoms with van der Waals surface area (Å²) < 4.78 is 23.5. The largest absolute Gasteiger partial charge is 0.694 e. The summed E-state index contributed by atoms with van der Waals surface area (Å²) in [4.78, 5) is 27.1. The van der Waals surface area contributed by atoms with Crippen LogP contribution < -0.4 is 15.9 Å². The second kappa shape index (κ2) is 6.16. The Hall–Kier alpha value is -1.95. The van der Waals surface area contributed by atoms with E-state index in [2.05, 4.69) is 14.5 Å². The molecule has 3 heterocycles. The van der Waals surface area contributed by atoms with E-state index in [9.17, 15) is 19.6 Å². The van der Waals surface area contributed by atoms with Gasteiger partial charge in [0.25, 0.3) is 11.5 Å². The van der Waals surface area contributed by atoms with Crippen LogP contribution in [0.25, 0.3) is 11.2 Å². The summed E-state index contributed by atoms with van der Waals surface area (Å²) in [6.07, 6.45) is -3.37. The van der Waals surface area contributed by atoms with E-state index in [1.165, 1.54) is 15.5 Å². The number of nitrogens with one attached hydrogen (secondary N) is 1. The van der Waals surface area contributed by atoms with E-state index in [-0.39, 0.29) is 23.7 Å². The van der Waals surface area contributed by atoms with Gasteiger partial charge in [0.1, 0.15) is 24.9 Å². The van der Waals surface area contributed by atoms with Crippen LogP contribution in [0.1, 0.15) is 6.23 Å². The molecular formula is C11H16N5O7P+2. The number of fused-ring (bicyclic) bond motifs is 1. The van der Waals surface area contributed by atoms with E-state index in [1.807, 2.05) is 0 Å². The van der Waals surface area contributed by atoms with E-state index >= 15 is 0 Å². The van der Waals surface area contributed by atoms with Gasteiger partial charge in [-0.15, -0.1) is 9.42 Å². The molecule has 2 aromatic rings. The molecule has 5 atom stereocenters. The fraction of sp³-hybridized carbons (Fsp3) is 0.545. The number of aryl methyl sites for hydroxylation is 1. The molecular weight excluding hydrogens is 345 g/mol. The smallest absolute Gasteiger partial charge is 0.387 e. The maximum atomic E-state index is 12.0. The van der Waals surface area contributed by atoms with Gasteiger partial charge >= 0.3 is 13.9 Å². The first-order chi connectivity index (χ1) is 11.3. The number of hydrogen-bond acceptors (Lipinski definition) is 8. The lowest BCUT2D eigenvalue weighted by Crippen LogP contribution is -2.46. The number of nitrogens with two attached hydrogens (primary N) is 1. The van der Waals surface area contributed by atoms with E-state index in [0.717, 1.165) is 0 Å². The topological polar surface area (TPSA) is 177 Å². The van der Waals surface area contributed by atoms with Crippen molar-refractivity contribution < 1.29 is 33.5 Å². The number of imidazole rings is 1. The van der Waals surface area contributed by atoms with Crippen molar-refractivity contribution in [2.45, 2.75) is 24.5 Å². The summed E-state index contributed by atoms with van der Waals surface area (Å²) in [5.41, 5.74) is 5.44. The lowest BCUT2D eigenvalue weighted by Gasteiger charge is -2.11. The van der Waals surface area contributed by atoms with Crippen LogP contribution in [0.2, 0.25) is 0 Å². The molecule has 1 saturated heterocycles. The highest BCUT2D eigenvalue weighted by atomic mass is 31.1. The van der Waals surface area contributed by atoms with Crippen LogP contribution in [0.4, 0.5) is 5.95 Å². The zero-order valence-electron chi connectivity index (χ0n) is 12.4. The number of aliphatic hydroxyl groups is 2. The zero-order valence-corrected chi connectivity index (χ0v) is 13.3. The van der Waals surface area contributed by atoms with E-state index in [4.69, 9.17) is 15.4 Å². The summed E-state index contributed by atoms with van der Waals surface area (Å²) in [6.45, 7) is -0.387. The fourth-order valence-electron chi connectivity index (χ4n) is 2.69. The number of nitrogens with zero attached hydrogens (tertiary/aromatic N) is 3. The van der Waals surface area contributed by atoms with Gasteiger partial charge < -0.3 is 20.7 Å². The average molecular weight is 361 g/mol. The molecule has 0 bridgehead atoms. The van der Waals surface area contributed by atoms with Gasteiger partial charge in [-0.3, -0.25) is 14.3 Å². The van der Waals surface area contributed by atoms with Crippen LogP contribution in [0, 0.1) is 0 Å². The first kappa shape index (κ1) is 16.9. The van der Waals surface area contributed by atoms with Crippen molar-refractivity contribution in [3.63, 3.8) is 0 Å². The molecule has 1 aliphatic rings. The molecule has 13 heteroatoms. The predicted molar refractivity (Wildman–Crippen MR) is 77.6 cm³/mol. The van der Waals surface area contributed by atoms with Crippen LogP contribution >= 0.6 is 8.25 Å². The van der Waals surface area contributed by atoms with Gasteiger partial charge in [0.15, 0.2) is 6.33 Å². The predicted octanol–water partition coefficient (Wildman–Crippen LogP) is -2.58. The Morgan fingerprint density at radius 1 is 1.54 bits per heavy atom. The molecule has 130 valence electrons. The van der Waals surface area contributed by atoms with Crippen LogP contribution in [-0.4, -0.2) is 54.6 Å². The van der Waals surface area contributed by atoms with Gasteiger partial charge in [-0.1, -0.05) is 4.98 Å². The first-order valence-corrected chi connectivity index (χ1v) is 7.99. The minimum atomic E-state index is -2.86. The van der Waals surface area contributed by atoms with Crippen molar-refractivity contribution in [3.05, 3.63) is 16.7 Å². The first-order valence-electron chi connectivity index (χ1n) is 6.86. The van der Waals surface area contributed by atoms with E-state index < -0.39 is 38.4 Å². The molecule has 6 N–H and O–H groups in total. The van der Waals surface area contributed by atoms with E-state index in [0.29, 0.717) is 0 Å². The van der Waals surface area contributed by atoms with Gasteiger partial charge in [-0.25, -0.2) is 4.57 Å². The van der Waals surface area contributed by atoms with Crippen molar-refractivity contribution in [2.24, 2.45) is 7.05 Å². The highest BCUT2D eigenvalue weighted by Gasteiger charge is 2.48. The number of anilines is 1. The lowest BCUT2D eigenvalue weighted by atomic mass is 10.1. The maximum Gasteiger partial charge on any atom is 0.694 e. The minimum Gasteiger partial charge on any atom is -0.387 e. The number of hydrogen-bond donors (Lipinski definition) is 5. The number of H-pyrrole nitrogens is 1. The van der Waals surface area contributed by atoms with Crippen molar-refractivity contribution in [1.82, 2.24) is 14.5 Å². The minimum absolute atomic E-state index is 0.113. The highest BCUT2D eigenvalue weighted by molar-refractivity contribution is 7.32. The number of aromatic nitrogens is 4. The summed E-state index contributed by atoms with van der Waals surface area (Å²) in [5, 5.41) is 20.2. The molecule has 12 nitrogen and oxygen atoms in total. The molecule has 0 radical (unpaired) electrons. The maximum absolute atomic E-state index is 12.0. The van der Waals surface area contributed by atoms with Crippen molar-refractivity contribution in [1.29, 1.82) is 0 Å². The van der Waals surface area contributed by atoms with Gasteiger partial charge in [-0.2, -0.15) is 0 Å². The van der Waals surface area contributed by atoms with Crippen molar-refractivity contribution >= 4 is 25.4 Å². The third-order valence-electron chi connectivity index (χ3n) is 3.75. The Morgan fingerprint density at radius 3 is 2.92 bits per heavy atom. The van der Waals surface area contributed by atoms with Gasteiger partial charge in [0, 0.05) is 4.57 Å². The average Bonchev–Trinajstić information content (AvgIpc) is 2.96. The second-order valence-electron chi connectivity index (χ2n) is 5.34. The van der Waals surface area contributed by atoms with E-state index in [1.54, 1.807) is 7.05 Å². The summed E-state index contributed by atoms with van der Waals surface area (Å²) in [6, 6.07) is 0. The standard InChI is InChI=1S/C11H14N5O7P/c1-15-3-16(8-5(15)9(19)14-11(12)13-8)10-7(18)6(17)4(23-10)2-22-24(20)21/h3-4,6-7,10,17-18H,2H2,1H3,(H2-2,12,13,14,19,20,21)/p+2/t4-,6-,7-,10-/m1/s1. The molecule has 2 aromatic heterocycles. The SMILES string of the molecule is Cn1c[n+]([C@@H]2O[C@H](CO[P+](=O)O)[C@@H](O)[C@H]2O)c2nc(N)[nH]c(=O)c21. The summed E-state index contributed by atoms with van der Waals surface area (Å²) >= 11 is 0. The monoisotopic (exact) mass is 361 g/mol. The van der Waals surface area contributed by atoms with Crippen LogP contribution in [-0.2, 0) is 20.9 Å². The van der Waals surface area contributed by atoms with Gasteiger partial charge in [-0.05, 0) is 0 Å². The molecule has 3 rings (SSSR count). The molecule has 0 saturated carbocycles. The number of ether oxygens (including phenoxy) is 1. The van der Waals surface area contributed by atoms with Crippen LogP contribution in [0.15, 0.2) is 11.1 Å². The van der Waals surface area contributed by atoms with Crippen LogP contribution in [0.3, 0.4) is 0 Å². The number of rotatable bonds is 4. The quantitative estimate of drug-likeness (QED) is 0.289. The molecule has 1 unspecified atom stereocenters. The highest BCUT2D eigenvalue weighted by Crippen LogP contribution is 2.28. The molecule has 0 amide bonds. The summed E-state index contributed by atoms with van der Waals surface area (Å²) in [5.74, 6) is -0.113. The van der Waals surface area contributed by atoms with Crippen LogP contribution in [0.5, 0.6) is 0 Å². The second-order valence-corrected chi connectivity index (χ2v) is 6.07. The normalized spacial score (nSPS) is 27.8. The Morgan fingerprint density at radius 2 is 2.25 bits per heavy atom. The van der Waals surface area contributed by atoms with Crippen molar-refractivity contribution in [3.8, 4) is 0 Å². The molecule has 1 fully saturated rings.